The minimum absolute atomic E-state index is 0.152. The summed E-state index contributed by atoms with van der Waals surface area (Å²) in [6.45, 7) is 0.685. The Labute approximate surface area is 65.5 Å². The Morgan fingerprint density at radius 3 is 2.18 bits per heavy atom. The summed E-state index contributed by atoms with van der Waals surface area (Å²) in [6, 6.07) is 0. The molecular formula is C5H12F3NOSi. The highest BCUT2D eigenvalue weighted by atomic mass is 28.5. The van der Waals surface area contributed by atoms with Crippen molar-refractivity contribution in [1.82, 2.24) is 4.90 Å². The Bertz CT molecular complexity index is 106. The average Bonchev–Trinajstić information content (AvgIpc) is 1.78. The van der Waals surface area contributed by atoms with Crippen molar-refractivity contribution in [2.75, 3.05) is 33.5 Å². The molecule has 0 bridgehead atoms. The van der Waals surface area contributed by atoms with Crippen LogP contribution in [-0.2, 0) is 4.74 Å². The Balaban J connectivity index is 3.15. The Kier molecular flexibility index (Phi) is 4.70. The fourth-order valence-electron chi connectivity index (χ4n) is 0.435. The quantitative estimate of drug-likeness (QED) is 0.361. The summed E-state index contributed by atoms with van der Waals surface area (Å²) in [4.78, 5) is 1.78. The van der Waals surface area contributed by atoms with Crippen molar-refractivity contribution in [2.45, 2.75) is 0 Å². The molecule has 0 saturated heterocycles. The van der Waals surface area contributed by atoms with Gasteiger partial charge >= 0.3 is 9.08 Å². The first kappa shape index (κ1) is 10.9. The Morgan fingerprint density at radius 2 is 1.82 bits per heavy atom. The second-order valence-corrected chi connectivity index (χ2v) is 3.99. The van der Waals surface area contributed by atoms with E-state index in [-0.39, 0.29) is 6.61 Å². The molecule has 0 aromatic rings. The van der Waals surface area contributed by atoms with Crippen molar-refractivity contribution in [3.05, 3.63) is 0 Å². The van der Waals surface area contributed by atoms with Crippen LogP contribution in [0.5, 0.6) is 0 Å². The number of halogens is 3. The van der Waals surface area contributed by atoms with Gasteiger partial charge in [-0.1, -0.05) is 0 Å². The summed E-state index contributed by atoms with van der Waals surface area (Å²) >= 11 is 0. The van der Waals surface area contributed by atoms with E-state index in [0.29, 0.717) is 6.54 Å². The molecule has 0 unspecified atom stereocenters. The van der Waals surface area contributed by atoms with Gasteiger partial charge < -0.3 is 9.64 Å². The Hall–Kier alpha value is -0.0731. The van der Waals surface area contributed by atoms with Crippen LogP contribution in [0.4, 0.5) is 12.3 Å². The van der Waals surface area contributed by atoms with E-state index in [4.69, 9.17) is 0 Å². The smallest absolute Gasteiger partial charge is 0.375 e. The lowest BCUT2D eigenvalue weighted by atomic mass is 10.6. The number of hydrogen-bond donors (Lipinski definition) is 0. The highest BCUT2D eigenvalue weighted by Gasteiger charge is 2.36. The zero-order valence-electron chi connectivity index (χ0n) is 6.61. The fourth-order valence-corrected chi connectivity index (χ4v) is 0.811. The third-order valence-electron chi connectivity index (χ3n) is 0.949. The monoisotopic (exact) mass is 187 g/mol. The van der Waals surface area contributed by atoms with Gasteiger partial charge in [0.25, 0.3) is 0 Å². The number of likely N-dealkylation sites (N-methyl/N-ethyl adjacent to an activating group) is 1. The van der Waals surface area contributed by atoms with Crippen molar-refractivity contribution in [3.8, 4) is 0 Å². The molecule has 0 aliphatic rings. The fraction of sp³-hybridized carbons (Fsp3) is 1.00. The molecule has 0 heterocycles. The summed E-state index contributed by atoms with van der Waals surface area (Å²) in [7, 11) is -1.90. The molecule has 0 spiro atoms. The molecule has 0 radical (unpaired) electrons. The van der Waals surface area contributed by atoms with Gasteiger partial charge in [0.2, 0.25) is 0 Å². The van der Waals surface area contributed by atoms with Crippen LogP contribution in [-0.4, -0.2) is 47.5 Å². The van der Waals surface area contributed by atoms with Gasteiger partial charge in [-0.15, -0.1) is 0 Å². The molecule has 0 rings (SSSR count). The molecule has 11 heavy (non-hydrogen) atoms. The molecule has 2 nitrogen and oxygen atoms in total. The van der Waals surface area contributed by atoms with E-state index in [9.17, 15) is 12.3 Å². The number of rotatable bonds is 5. The molecule has 0 aliphatic heterocycles. The van der Waals surface area contributed by atoms with Gasteiger partial charge in [-0.05, 0) is 14.1 Å². The van der Waals surface area contributed by atoms with E-state index in [1.54, 1.807) is 19.0 Å². The van der Waals surface area contributed by atoms with E-state index in [1.807, 2.05) is 0 Å². The van der Waals surface area contributed by atoms with Crippen LogP contribution < -0.4 is 0 Å². The molecule has 0 amide bonds. The molecule has 68 valence electrons. The van der Waals surface area contributed by atoms with E-state index in [1.165, 1.54) is 0 Å². The molecular weight excluding hydrogens is 175 g/mol. The normalized spacial score (nSPS) is 12.5. The second kappa shape index (κ2) is 4.73. The second-order valence-electron chi connectivity index (χ2n) is 2.47. The van der Waals surface area contributed by atoms with Gasteiger partial charge in [0.15, 0.2) is 0 Å². The predicted molar refractivity (Wildman–Crippen MR) is 38.5 cm³/mol. The van der Waals surface area contributed by atoms with Crippen molar-refractivity contribution in [2.24, 2.45) is 0 Å². The predicted octanol–water partition coefficient (Wildman–Crippen LogP) is 0.951. The van der Waals surface area contributed by atoms with E-state index in [0.717, 1.165) is 0 Å². The summed E-state index contributed by atoms with van der Waals surface area (Å²) in [5.41, 5.74) is 0. The van der Waals surface area contributed by atoms with E-state index >= 15 is 0 Å². The molecule has 0 N–H and O–H groups in total. The van der Waals surface area contributed by atoms with Crippen LogP contribution in [0.15, 0.2) is 0 Å². The summed E-state index contributed by atoms with van der Waals surface area (Å²) in [5, 5.41) is 0. The topological polar surface area (TPSA) is 12.5 Å². The van der Waals surface area contributed by atoms with Crippen molar-refractivity contribution in [1.29, 1.82) is 0 Å². The van der Waals surface area contributed by atoms with Crippen LogP contribution >= 0.6 is 0 Å². The SMILES string of the molecule is CN(C)CCOC[Si](F)(F)F. The van der Waals surface area contributed by atoms with Crippen LogP contribution in [0.3, 0.4) is 0 Å². The largest absolute Gasteiger partial charge is 0.643 e. The lowest BCUT2D eigenvalue weighted by molar-refractivity contribution is 0.132. The van der Waals surface area contributed by atoms with Gasteiger partial charge in [0, 0.05) is 6.54 Å². The number of ether oxygens (including phenoxy) is 1. The van der Waals surface area contributed by atoms with Crippen molar-refractivity contribution < 1.29 is 17.1 Å². The Morgan fingerprint density at radius 1 is 1.27 bits per heavy atom. The zero-order valence-corrected chi connectivity index (χ0v) is 7.61. The van der Waals surface area contributed by atoms with Gasteiger partial charge in [-0.3, -0.25) is 0 Å². The standard InChI is InChI=1S/C5H12F3NOSi/c1-9(2)3-4-10-5-11(6,7)8/h3-5H2,1-2H3. The molecule has 0 aromatic carbocycles. The molecule has 6 heteroatoms. The van der Waals surface area contributed by atoms with Gasteiger partial charge in [-0.25, -0.2) is 12.3 Å². The summed E-state index contributed by atoms with van der Waals surface area (Å²) < 4.78 is 39.1. The maximum absolute atomic E-state index is 11.6. The van der Waals surface area contributed by atoms with Crippen LogP contribution in [0.1, 0.15) is 0 Å². The molecule has 0 aromatic heterocycles. The first-order valence-corrected chi connectivity index (χ1v) is 5.05. The lowest BCUT2D eigenvalue weighted by Gasteiger charge is -2.09. The first-order chi connectivity index (χ1) is 4.92. The van der Waals surface area contributed by atoms with Gasteiger partial charge in [0.05, 0.1) is 6.61 Å². The summed E-state index contributed by atoms with van der Waals surface area (Å²) in [5.74, 6) is 0. The zero-order chi connectivity index (χ0) is 8.91. The van der Waals surface area contributed by atoms with Gasteiger partial charge in [-0.2, -0.15) is 0 Å². The summed E-state index contributed by atoms with van der Waals surface area (Å²) in [6.07, 6.45) is -1.01. The first-order valence-electron chi connectivity index (χ1n) is 3.21. The third kappa shape index (κ3) is 9.93. The molecule has 0 saturated carbocycles. The highest BCUT2D eigenvalue weighted by molar-refractivity contribution is 6.58. The maximum Gasteiger partial charge on any atom is 0.643 e. The molecule has 0 fully saturated rings. The van der Waals surface area contributed by atoms with E-state index in [2.05, 4.69) is 4.74 Å². The minimum Gasteiger partial charge on any atom is -0.375 e. The van der Waals surface area contributed by atoms with Crippen molar-refractivity contribution >= 4 is 9.08 Å². The average molecular weight is 187 g/mol. The minimum atomic E-state index is -5.47. The number of hydrogen-bond acceptors (Lipinski definition) is 2. The third-order valence-corrected chi connectivity index (χ3v) is 1.48. The van der Waals surface area contributed by atoms with Crippen LogP contribution in [0.2, 0.25) is 0 Å². The van der Waals surface area contributed by atoms with Crippen LogP contribution in [0.25, 0.3) is 0 Å². The highest BCUT2D eigenvalue weighted by Crippen LogP contribution is 2.07. The van der Waals surface area contributed by atoms with E-state index < -0.39 is 15.3 Å². The lowest BCUT2D eigenvalue weighted by Crippen LogP contribution is -2.27. The maximum atomic E-state index is 11.6. The van der Waals surface area contributed by atoms with Gasteiger partial charge in [0.1, 0.15) is 6.23 Å². The van der Waals surface area contributed by atoms with Crippen molar-refractivity contribution in [3.63, 3.8) is 0 Å². The number of nitrogens with zero attached hydrogens (tertiary/aromatic N) is 1. The molecule has 0 atom stereocenters. The molecule has 0 aliphatic carbocycles. The van der Waals surface area contributed by atoms with Crippen LogP contribution in [0, 0.1) is 0 Å².